The van der Waals surface area contributed by atoms with E-state index in [-0.39, 0.29) is 5.91 Å². The quantitative estimate of drug-likeness (QED) is 0.736. The van der Waals surface area contributed by atoms with Gasteiger partial charge in [0.2, 0.25) is 0 Å². The third-order valence-electron chi connectivity index (χ3n) is 5.23. The molecule has 1 aliphatic rings. The number of carbonyl (C=O) groups excluding carboxylic acids is 1. The highest BCUT2D eigenvalue weighted by atomic mass is 16.2. The van der Waals surface area contributed by atoms with Crippen molar-refractivity contribution in [2.24, 2.45) is 5.92 Å². The minimum Gasteiger partial charge on any atom is -0.372 e. The van der Waals surface area contributed by atoms with Crippen LogP contribution in [0.3, 0.4) is 0 Å². The lowest BCUT2D eigenvalue weighted by molar-refractivity contribution is 0.102. The number of amides is 1. The van der Waals surface area contributed by atoms with Gasteiger partial charge < -0.3 is 10.2 Å². The molecule has 0 bridgehead atoms. The molecular formula is C22H25N5O. The second-order valence-corrected chi connectivity index (χ2v) is 7.46. The molecule has 1 saturated heterocycles. The van der Waals surface area contributed by atoms with E-state index in [1.54, 1.807) is 10.9 Å². The third-order valence-corrected chi connectivity index (χ3v) is 5.23. The van der Waals surface area contributed by atoms with E-state index in [0.717, 1.165) is 30.3 Å². The number of anilines is 2. The number of aromatic nitrogens is 3. The van der Waals surface area contributed by atoms with Crippen molar-refractivity contribution in [1.29, 1.82) is 0 Å². The zero-order valence-electron chi connectivity index (χ0n) is 16.1. The molecule has 0 atom stereocenters. The Bertz CT molecular complexity index is 912. The highest BCUT2D eigenvalue weighted by Crippen LogP contribution is 2.24. The summed E-state index contributed by atoms with van der Waals surface area (Å²) in [5, 5.41) is 11.0. The van der Waals surface area contributed by atoms with Crippen molar-refractivity contribution < 1.29 is 4.79 Å². The molecule has 0 saturated carbocycles. The minimum atomic E-state index is -0.251. The molecule has 4 rings (SSSR count). The van der Waals surface area contributed by atoms with E-state index < -0.39 is 0 Å². The Morgan fingerprint density at radius 2 is 1.79 bits per heavy atom. The van der Waals surface area contributed by atoms with E-state index in [0.29, 0.717) is 12.2 Å². The summed E-state index contributed by atoms with van der Waals surface area (Å²) in [5.74, 6) is 0.559. The van der Waals surface area contributed by atoms with Crippen LogP contribution in [0.25, 0.3) is 0 Å². The summed E-state index contributed by atoms with van der Waals surface area (Å²) in [6, 6.07) is 18.0. The average molecular weight is 375 g/mol. The van der Waals surface area contributed by atoms with E-state index in [2.05, 4.69) is 39.6 Å². The molecule has 1 aliphatic heterocycles. The van der Waals surface area contributed by atoms with Gasteiger partial charge in [-0.1, -0.05) is 42.5 Å². The van der Waals surface area contributed by atoms with Gasteiger partial charge in [0.25, 0.3) is 5.91 Å². The van der Waals surface area contributed by atoms with Crippen molar-refractivity contribution in [3.8, 4) is 0 Å². The van der Waals surface area contributed by atoms with Crippen LogP contribution in [-0.4, -0.2) is 34.0 Å². The maximum Gasteiger partial charge on any atom is 0.277 e. The van der Waals surface area contributed by atoms with Gasteiger partial charge in [-0.05, 0) is 48.6 Å². The molecule has 2 aromatic carbocycles. The van der Waals surface area contributed by atoms with E-state index in [1.165, 1.54) is 18.5 Å². The molecule has 0 radical (unpaired) electrons. The zero-order chi connectivity index (χ0) is 19.3. The number of piperidine rings is 1. The first-order valence-electron chi connectivity index (χ1n) is 9.78. The predicted molar refractivity (Wildman–Crippen MR) is 111 cm³/mol. The molecule has 0 spiro atoms. The summed E-state index contributed by atoms with van der Waals surface area (Å²) in [7, 11) is 0. The van der Waals surface area contributed by atoms with Crippen LogP contribution in [0.1, 0.15) is 35.8 Å². The first kappa shape index (κ1) is 18.2. The minimum absolute atomic E-state index is 0.251. The highest BCUT2D eigenvalue weighted by Gasteiger charge is 2.16. The van der Waals surface area contributed by atoms with Gasteiger partial charge in [-0.25, -0.2) is 4.68 Å². The molecular weight excluding hydrogens is 350 g/mol. The van der Waals surface area contributed by atoms with E-state index in [1.807, 2.05) is 42.5 Å². The molecule has 1 fully saturated rings. The lowest BCUT2D eigenvalue weighted by Gasteiger charge is -2.32. The molecule has 144 valence electrons. The van der Waals surface area contributed by atoms with Gasteiger partial charge in [0, 0.05) is 24.5 Å². The Morgan fingerprint density at radius 1 is 1.07 bits per heavy atom. The van der Waals surface area contributed by atoms with Crippen molar-refractivity contribution in [1.82, 2.24) is 15.0 Å². The molecule has 6 nitrogen and oxygen atoms in total. The number of rotatable bonds is 5. The van der Waals surface area contributed by atoms with Gasteiger partial charge in [-0.2, -0.15) is 0 Å². The Labute approximate surface area is 165 Å². The maximum atomic E-state index is 12.5. The van der Waals surface area contributed by atoms with Gasteiger partial charge in [-0.15, -0.1) is 5.10 Å². The zero-order valence-corrected chi connectivity index (χ0v) is 16.1. The second kappa shape index (κ2) is 8.25. The molecule has 1 aromatic heterocycles. The van der Waals surface area contributed by atoms with Gasteiger partial charge in [0.15, 0.2) is 5.69 Å². The summed E-state index contributed by atoms with van der Waals surface area (Å²) >= 11 is 0. The van der Waals surface area contributed by atoms with Crippen LogP contribution in [0.15, 0.2) is 60.8 Å². The van der Waals surface area contributed by atoms with Crippen LogP contribution in [0.2, 0.25) is 0 Å². The molecule has 28 heavy (non-hydrogen) atoms. The van der Waals surface area contributed by atoms with Gasteiger partial charge >= 0.3 is 0 Å². The number of carbonyl (C=O) groups is 1. The van der Waals surface area contributed by atoms with Crippen LogP contribution in [0.4, 0.5) is 11.4 Å². The molecule has 3 aromatic rings. The van der Waals surface area contributed by atoms with Crippen molar-refractivity contribution in [3.63, 3.8) is 0 Å². The van der Waals surface area contributed by atoms with Gasteiger partial charge in [-0.3, -0.25) is 4.79 Å². The van der Waals surface area contributed by atoms with E-state index in [4.69, 9.17) is 0 Å². The molecule has 1 amide bonds. The average Bonchev–Trinajstić information content (AvgIpc) is 3.19. The van der Waals surface area contributed by atoms with E-state index >= 15 is 0 Å². The third kappa shape index (κ3) is 4.39. The standard InChI is InChI=1S/C22H25N5O/c1-17-11-13-26(14-12-17)20-9-7-19(8-10-20)23-22(28)21-16-27(25-24-21)15-18-5-3-2-4-6-18/h2-10,16-17H,11-15H2,1H3,(H,23,28). The Morgan fingerprint density at radius 3 is 2.50 bits per heavy atom. The number of nitrogens with zero attached hydrogens (tertiary/aromatic N) is 4. The number of hydrogen-bond donors (Lipinski definition) is 1. The van der Waals surface area contributed by atoms with E-state index in [9.17, 15) is 4.79 Å². The normalized spacial score (nSPS) is 14.8. The van der Waals surface area contributed by atoms with Crippen molar-refractivity contribution in [2.75, 3.05) is 23.3 Å². The summed E-state index contributed by atoms with van der Waals surface area (Å²) in [6.07, 6.45) is 4.14. The highest BCUT2D eigenvalue weighted by molar-refractivity contribution is 6.02. The predicted octanol–water partition coefficient (Wildman–Crippen LogP) is 3.82. The monoisotopic (exact) mass is 375 g/mol. The molecule has 2 heterocycles. The Kier molecular flexibility index (Phi) is 5.37. The number of hydrogen-bond acceptors (Lipinski definition) is 4. The first-order valence-corrected chi connectivity index (χ1v) is 9.78. The van der Waals surface area contributed by atoms with Crippen LogP contribution in [0, 0.1) is 5.92 Å². The van der Waals surface area contributed by atoms with Crippen LogP contribution >= 0.6 is 0 Å². The second-order valence-electron chi connectivity index (χ2n) is 7.46. The molecule has 0 unspecified atom stereocenters. The fourth-order valence-electron chi connectivity index (χ4n) is 3.47. The number of benzene rings is 2. The SMILES string of the molecule is CC1CCN(c2ccc(NC(=O)c3cn(Cc4ccccc4)nn3)cc2)CC1. The topological polar surface area (TPSA) is 63.1 Å². The summed E-state index contributed by atoms with van der Waals surface area (Å²) < 4.78 is 1.67. The van der Waals surface area contributed by atoms with Gasteiger partial charge in [0.05, 0.1) is 12.7 Å². The van der Waals surface area contributed by atoms with Crippen molar-refractivity contribution >= 4 is 17.3 Å². The van der Waals surface area contributed by atoms with Crippen LogP contribution in [-0.2, 0) is 6.54 Å². The Hall–Kier alpha value is -3.15. The first-order chi connectivity index (χ1) is 13.7. The smallest absolute Gasteiger partial charge is 0.277 e. The lowest BCUT2D eigenvalue weighted by atomic mass is 9.99. The van der Waals surface area contributed by atoms with Gasteiger partial charge in [0.1, 0.15) is 0 Å². The van der Waals surface area contributed by atoms with Crippen LogP contribution in [0.5, 0.6) is 0 Å². The summed E-state index contributed by atoms with van der Waals surface area (Å²) in [6.45, 7) is 5.09. The summed E-state index contributed by atoms with van der Waals surface area (Å²) in [5.41, 5.74) is 3.39. The van der Waals surface area contributed by atoms with Crippen molar-refractivity contribution in [3.05, 3.63) is 72.1 Å². The van der Waals surface area contributed by atoms with Crippen molar-refractivity contribution in [2.45, 2.75) is 26.3 Å². The maximum absolute atomic E-state index is 12.5. The molecule has 6 heteroatoms. The fraction of sp³-hybridized carbons (Fsp3) is 0.318. The molecule has 1 N–H and O–H groups in total. The fourth-order valence-corrected chi connectivity index (χ4v) is 3.47. The number of nitrogens with one attached hydrogen (secondary N) is 1. The molecule has 0 aliphatic carbocycles. The Balaban J connectivity index is 1.36. The lowest BCUT2D eigenvalue weighted by Crippen LogP contribution is -2.32. The largest absolute Gasteiger partial charge is 0.372 e. The van der Waals surface area contributed by atoms with Crippen LogP contribution < -0.4 is 10.2 Å². The summed E-state index contributed by atoms with van der Waals surface area (Å²) in [4.78, 5) is 14.9.